The van der Waals surface area contributed by atoms with Crippen molar-refractivity contribution in [3.05, 3.63) is 80.3 Å². The fourth-order valence-electron chi connectivity index (χ4n) is 4.23. The third-order valence-corrected chi connectivity index (χ3v) is 9.49. The lowest BCUT2D eigenvalue weighted by Gasteiger charge is -2.15. The number of hydrogen-bond acceptors (Lipinski definition) is 9. The molecular formula is C25H22ClN5O4S2. The van der Waals surface area contributed by atoms with Crippen molar-refractivity contribution < 1.29 is 13.2 Å². The van der Waals surface area contributed by atoms with Crippen LogP contribution >= 0.6 is 22.9 Å². The van der Waals surface area contributed by atoms with E-state index < -0.39 is 21.4 Å². The molecule has 4 heterocycles. The molecule has 9 nitrogen and oxygen atoms in total. The van der Waals surface area contributed by atoms with Crippen LogP contribution in [0.25, 0.3) is 16.7 Å². The lowest BCUT2D eigenvalue weighted by Crippen LogP contribution is -2.25. The summed E-state index contributed by atoms with van der Waals surface area (Å²) >= 11 is 6.74. The number of sulfone groups is 1. The minimum absolute atomic E-state index is 0.0633. The fourth-order valence-corrected chi connectivity index (χ4v) is 7.04. The summed E-state index contributed by atoms with van der Waals surface area (Å²) in [6, 6.07) is 11.6. The van der Waals surface area contributed by atoms with Crippen LogP contribution in [-0.4, -0.2) is 65.4 Å². The Morgan fingerprint density at radius 3 is 2.62 bits per heavy atom. The van der Waals surface area contributed by atoms with E-state index in [9.17, 15) is 18.0 Å². The molecule has 0 amide bonds. The van der Waals surface area contributed by atoms with Crippen molar-refractivity contribution in [2.45, 2.75) is 17.6 Å². The van der Waals surface area contributed by atoms with Crippen LogP contribution in [0.15, 0.2) is 62.7 Å². The monoisotopic (exact) mass is 555 g/mol. The number of amidine groups is 1. The van der Waals surface area contributed by atoms with E-state index in [4.69, 9.17) is 11.6 Å². The second-order valence-corrected chi connectivity index (χ2v) is 12.6. The Kier molecular flexibility index (Phi) is 6.69. The second kappa shape index (κ2) is 9.81. The Bertz CT molecular complexity index is 1730. The zero-order chi connectivity index (χ0) is 26.3. The molecule has 1 aliphatic heterocycles. The average molecular weight is 556 g/mol. The number of aryl methyl sites for hydroxylation is 1. The van der Waals surface area contributed by atoms with Gasteiger partial charge in [-0.1, -0.05) is 23.7 Å². The summed E-state index contributed by atoms with van der Waals surface area (Å²) in [5.41, 5.74) is 1.77. The molecule has 0 saturated carbocycles. The number of ketones is 1. The van der Waals surface area contributed by atoms with Gasteiger partial charge in [0.05, 0.1) is 21.8 Å². The van der Waals surface area contributed by atoms with E-state index in [1.807, 2.05) is 19.2 Å². The van der Waals surface area contributed by atoms with Crippen LogP contribution in [0.4, 0.5) is 0 Å². The first-order valence-electron chi connectivity index (χ1n) is 11.4. The van der Waals surface area contributed by atoms with Gasteiger partial charge in [-0.05, 0) is 42.8 Å². The first-order valence-corrected chi connectivity index (χ1v) is 14.2. The summed E-state index contributed by atoms with van der Waals surface area (Å²) < 4.78 is 26.7. The van der Waals surface area contributed by atoms with Crippen LogP contribution in [0.1, 0.15) is 17.0 Å². The number of carbonyl (C=O) groups is 1. The Morgan fingerprint density at radius 2 is 1.97 bits per heavy atom. The lowest BCUT2D eigenvalue weighted by molar-refractivity contribution is -0.116. The zero-order valence-corrected chi connectivity index (χ0v) is 22.4. The minimum atomic E-state index is -3.75. The highest BCUT2D eigenvalue weighted by Crippen LogP contribution is 2.26. The summed E-state index contributed by atoms with van der Waals surface area (Å²) in [4.78, 5) is 41.4. The van der Waals surface area contributed by atoms with Crippen molar-refractivity contribution in [3.63, 3.8) is 0 Å². The van der Waals surface area contributed by atoms with Crippen LogP contribution < -0.4 is 5.56 Å². The molecule has 1 aromatic carbocycles. The normalized spacial score (nSPS) is 13.8. The van der Waals surface area contributed by atoms with Crippen LogP contribution in [-0.2, 0) is 21.1 Å². The van der Waals surface area contributed by atoms with Crippen LogP contribution in [0, 0.1) is 6.92 Å². The maximum absolute atomic E-state index is 13.3. The summed E-state index contributed by atoms with van der Waals surface area (Å²) in [5.74, 6) is 0.618. The number of likely N-dealkylation sites (N-methyl/N-ethyl adjacent to an activating group) is 1. The number of benzene rings is 1. The van der Waals surface area contributed by atoms with Gasteiger partial charge in [0.15, 0.2) is 15.6 Å². The SMILES string of the molecule is Cc1nc2cc(C3=NCCN3C)ccc2c(=O)n1-c1ccc(CC(=O)CS(=O)(=O)c2ccc(Cl)s2)cn1. The number of aliphatic imine (C=N–C) groups is 1. The zero-order valence-electron chi connectivity index (χ0n) is 20.0. The Hall–Kier alpha value is -3.41. The highest BCUT2D eigenvalue weighted by Gasteiger charge is 2.22. The minimum Gasteiger partial charge on any atom is -0.358 e. The van der Waals surface area contributed by atoms with Crippen molar-refractivity contribution in [1.29, 1.82) is 0 Å². The van der Waals surface area contributed by atoms with E-state index in [0.717, 1.165) is 35.8 Å². The number of nitrogens with zero attached hydrogens (tertiary/aromatic N) is 5. The van der Waals surface area contributed by atoms with Crippen LogP contribution in [0.3, 0.4) is 0 Å². The van der Waals surface area contributed by atoms with Gasteiger partial charge in [-0.2, -0.15) is 0 Å². The molecule has 190 valence electrons. The van der Waals surface area contributed by atoms with E-state index in [0.29, 0.717) is 32.4 Å². The lowest BCUT2D eigenvalue weighted by atomic mass is 10.1. The molecule has 4 aromatic rings. The van der Waals surface area contributed by atoms with Crippen molar-refractivity contribution in [2.24, 2.45) is 4.99 Å². The first kappa shape index (κ1) is 25.2. The van der Waals surface area contributed by atoms with Gasteiger partial charge in [0.1, 0.15) is 27.4 Å². The third kappa shape index (κ3) is 5.07. The quantitative estimate of drug-likeness (QED) is 0.344. The van der Waals surface area contributed by atoms with E-state index in [1.165, 1.54) is 22.9 Å². The van der Waals surface area contributed by atoms with Crippen molar-refractivity contribution >= 4 is 55.3 Å². The van der Waals surface area contributed by atoms with E-state index in [2.05, 4.69) is 19.9 Å². The molecule has 0 radical (unpaired) electrons. The molecule has 12 heteroatoms. The number of hydrogen-bond donors (Lipinski definition) is 0. The largest absolute Gasteiger partial charge is 0.358 e. The number of pyridine rings is 1. The number of aromatic nitrogens is 3. The molecule has 1 aliphatic rings. The number of rotatable bonds is 7. The Morgan fingerprint density at radius 1 is 1.16 bits per heavy atom. The first-order chi connectivity index (χ1) is 17.6. The molecule has 0 N–H and O–H groups in total. The van der Waals surface area contributed by atoms with E-state index in [1.54, 1.807) is 25.1 Å². The number of carbonyl (C=O) groups excluding carboxylic acids is 1. The fraction of sp³-hybridized carbons (Fsp3) is 0.240. The maximum Gasteiger partial charge on any atom is 0.267 e. The van der Waals surface area contributed by atoms with Gasteiger partial charge in [0.25, 0.3) is 5.56 Å². The van der Waals surface area contributed by atoms with Gasteiger partial charge < -0.3 is 4.90 Å². The van der Waals surface area contributed by atoms with E-state index in [-0.39, 0.29) is 16.2 Å². The molecule has 37 heavy (non-hydrogen) atoms. The molecule has 5 rings (SSSR count). The van der Waals surface area contributed by atoms with Crippen LogP contribution in [0.5, 0.6) is 0 Å². The molecule has 0 saturated heterocycles. The number of fused-ring (bicyclic) bond motifs is 1. The molecule has 0 atom stereocenters. The predicted octanol–water partition coefficient (Wildman–Crippen LogP) is 3.08. The van der Waals surface area contributed by atoms with Gasteiger partial charge in [-0.25, -0.2) is 23.0 Å². The maximum atomic E-state index is 13.3. The number of thiophene rings is 1. The molecule has 0 unspecified atom stereocenters. The van der Waals surface area contributed by atoms with Gasteiger partial charge in [-0.3, -0.25) is 14.6 Å². The Labute approximate surface area is 222 Å². The summed E-state index contributed by atoms with van der Waals surface area (Å²) in [6.07, 6.45) is 1.37. The molecule has 0 aliphatic carbocycles. The summed E-state index contributed by atoms with van der Waals surface area (Å²) in [7, 11) is -1.77. The highest BCUT2D eigenvalue weighted by atomic mass is 35.5. The van der Waals surface area contributed by atoms with Gasteiger partial charge in [0, 0.05) is 31.8 Å². The van der Waals surface area contributed by atoms with Gasteiger partial charge >= 0.3 is 0 Å². The van der Waals surface area contributed by atoms with Crippen molar-refractivity contribution in [2.75, 3.05) is 25.9 Å². The van der Waals surface area contributed by atoms with Crippen molar-refractivity contribution in [3.8, 4) is 5.82 Å². The smallest absolute Gasteiger partial charge is 0.267 e. The van der Waals surface area contributed by atoms with E-state index >= 15 is 0 Å². The average Bonchev–Trinajstić information content (AvgIpc) is 3.48. The second-order valence-electron chi connectivity index (χ2n) is 8.72. The number of Topliss-reactive ketones (excluding diaryl/α,β-unsaturated/α-hetero) is 1. The third-order valence-electron chi connectivity index (χ3n) is 6.00. The predicted molar refractivity (Wildman–Crippen MR) is 144 cm³/mol. The Balaban J connectivity index is 1.37. The molecule has 3 aromatic heterocycles. The number of halogens is 1. The molecular weight excluding hydrogens is 534 g/mol. The summed E-state index contributed by atoms with van der Waals surface area (Å²) in [6.45, 7) is 3.33. The standard InChI is InChI=1S/C25H22ClN5O4S2/c1-15-29-20-12-17(24-27-9-10-30(24)2)4-5-19(20)25(33)31(15)22-7-3-16(13-28-22)11-18(32)14-37(34,35)23-8-6-21(26)36-23/h3-8,12-13H,9-11,14H2,1-2H3. The summed E-state index contributed by atoms with van der Waals surface area (Å²) in [5, 5.41) is 0.454. The molecule has 0 fully saturated rings. The topological polar surface area (TPSA) is 115 Å². The molecule has 0 spiro atoms. The highest BCUT2D eigenvalue weighted by molar-refractivity contribution is 7.94. The van der Waals surface area contributed by atoms with Crippen molar-refractivity contribution in [1.82, 2.24) is 19.4 Å². The van der Waals surface area contributed by atoms with Crippen LogP contribution in [0.2, 0.25) is 4.34 Å². The molecule has 0 bridgehead atoms. The van der Waals surface area contributed by atoms with Gasteiger partial charge in [-0.15, -0.1) is 11.3 Å². The van der Waals surface area contributed by atoms with Gasteiger partial charge in [0.2, 0.25) is 0 Å².